The second-order valence-electron chi connectivity index (χ2n) is 5.79. The molecule has 0 bridgehead atoms. The van der Waals surface area contributed by atoms with Gasteiger partial charge in [0.1, 0.15) is 0 Å². The van der Waals surface area contributed by atoms with E-state index in [2.05, 4.69) is 31.2 Å². The molecule has 1 aromatic rings. The Labute approximate surface area is 129 Å². The minimum Gasteiger partial charge on any atom is -0.337 e. The molecule has 0 saturated carbocycles. The number of nitrogens with zero attached hydrogens (tertiary/aromatic N) is 2. The highest BCUT2D eigenvalue weighted by atomic mass is 32.2. The normalized spacial score (nSPS) is 38.2. The third kappa shape index (κ3) is 2.62. The zero-order chi connectivity index (χ0) is 14.2. The highest BCUT2D eigenvalue weighted by Crippen LogP contribution is 2.44. The fraction of sp³-hybridized carbons (Fsp3) is 0.857. The van der Waals surface area contributed by atoms with Gasteiger partial charge in [-0.3, -0.25) is 0 Å². The van der Waals surface area contributed by atoms with E-state index in [0.717, 1.165) is 36.9 Å². The van der Waals surface area contributed by atoms with Gasteiger partial charge < -0.3 is 9.84 Å². The number of aromatic nitrogens is 2. The van der Waals surface area contributed by atoms with E-state index in [9.17, 15) is 0 Å². The van der Waals surface area contributed by atoms with Crippen molar-refractivity contribution >= 4 is 23.5 Å². The minimum absolute atomic E-state index is 0.0728. The second-order valence-corrected chi connectivity index (χ2v) is 8.79. The third-order valence-corrected chi connectivity index (χ3v) is 7.92. The Morgan fingerprint density at radius 1 is 1.40 bits per heavy atom. The van der Waals surface area contributed by atoms with Crippen molar-refractivity contribution in [1.29, 1.82) is 0 Å². The summed E-state index contributed by atoms with van der Waals surface area (Å²) in [7, 11) is 0. The van der Waals surface area contributed by atoms with Crippen molar-refractivity contribution in [3.05, 3.63) is 11.7 Å². The van der Waals surface area contributed by atoms with Gasteiger partial charge in [0.2, 0.25) is 5.89 Å². The topological polar surface area (TPSA) is 51.0 Å². The van der Waals surface area contributed by atoms with E-state index < -0.39 is 0 Å². The van der Waals surface area contributed by atoms with Crippen LogP contribution in [0.3, 0.4) is 0 Å². The van der Waals surface area contributed by atoms with E-state index in [4.69, 9.17) is 9.51 Å². The van der Waals surface area contributed by atoms with Crippen LogP contribution in [-0.2, 0) is 5.54 Å². The van der Waals surface area contributed by atoms with Crippen molar-refractivity contribution < 1.29 is 4.52 Å². The quantitative estimate of drug-likeness (QED) is 0.923. The Hall–Kier alpha value is -0.200. The molecule has 0 aromatic carbocycles. The van der Waals surface area contributed by atoms with Crippen LogP contribution in [0.4, 0.5) is 0 Å². The van der Waals surface area contributed by atoms with Crippen molar-refractivity contribution in [3.8, 4) is 0 Å². The molecule has 0 amide bonds. The lowest BCUT2D eigenvalue weighted by Crippen LogP contribution is -2.36. The molecule has 2 fully saturated rings. The van der Waals surface area contributed by atoms with Gasteiger partial charge in [0, 0.05) is 16.3 Å². The average Bonchev–Trinajstić information content (AvgIpc) is 3.10. The van der Waals surface area contributed by atoms with Crippen LogP contribution >= 0.6 is 23.5 Å². The van der Waals surface area contributed by atoms with Crippen LogP contribution in [0.5, 0.6) is 0 Å². The van der Waals surface area contributed by atoms with E-state index in [0.29, 0.717) is 15.7 Å². The van der Waals surface area contributed by atoms with Gasteiger partial charge in [-0.1, -0.05) is 25.9 Å². The molecule has 4 nitrogen and oxygen atoms in total. The summed E-state index contributed by atoms with van der Waals surface area (Å²) in [5, 5.41) is 9.56. The number of thioether (sulfide) groups is 2. The van der Waals surface area contributed by atoms with Crippen molar-refractivity contribution in [2.75, 3.05) is 12.3 Å². The zero-order valence-corrected chi connectivity index (χ0v) is 14.0. The van der Waals surface area contributed by atoms with Gasteiger partial charge in [-0.25, -0.2) is 0 Å². The Morgan fingerprint density at radius 2 is 2.25 bits per heavy atom. The molecule has 2 saturated heterocycles. The highest BCUT2D eigenvalue weighted by molar-refractivity contribution is 8.07. The molecule has 0 radical (unpaired) electrons. The second kappa shape index (κ2) is 5.89. The molecule has 112 valence electrons. The van der Waals surface area contributed by atoms with Crippen LogP contribution in [0.25, 0.3) is 0 Å². The molecule has 6 heteroatoms. The summed E-state index contributed by atoms with van der Waals surface area (Å²) >= 11 is 4.00. The number of hydrogen-bond acceptors (Lipinski definition) is 6. The molecule has 1 aromatic heterocycles. The predicted octanol–water partition coefficient (Wildman–Crippen LogP) is 3.36. The maximum absolute atomic E-state index is 5.61. The van der Waals surface area contributed by atoms with E-state index in [-0.39, 0.29) is 5.54 Å². The van der Waals surface area contributed by atoms with Gasteiger partial charge in [-0.05, 0) is 25.8 Å². The Kier molecular flexibility index (Phi) is 4.34. The summed E-state index contributed by atoms with van der Waals surface area (Å²) in [6, 6.07) is 0. The van der Waals surface area contributed by atoms with E-state index in [1.54, 1.807) is 0 Å². The molecular formula is C14H23N3OS2. The fourth-order valence-electron chi connectivity index (χ4n) is 2.92. The smallest absolute Gasteiger partial charge is 0.246 e. The van der Waals surface area contributed by atoms with Crippen LogP contribution in [0.2, 0.25) is 0 Å². The van der Waals surface area contributed by atoms with Crippen LogP contribution in [0, 0.1) is 0 Å². The van der Waals surface area contributed by atoms with Crippen molar-refractivity contribution in [2.24, 2.45) is 0 Å². The monoisotopic (exact) mass is 313 g/mol. The van der Waals surface area contributed by atoms with E-state index in [1.165, 1.54) is 6.42 Å². The standard InChI is InChI=1S/C14H23N3OS2/c1-4-14(6-5-7-15-14)13-16-12(17-18-13)11-8-19-9(2)10(3)20-11/h9-11,15H,4-8H2,1-3H3. The van der Waals surface area contributed by atoms with E-state index in [1.807, 2.05) is 23.5 Å². The molecule has 4 atom stereocenters. The molecule has 1 N–H and O–H groups in total. The highest BCUT2D eigenvalue weighted by Gasteiger charge is 2.40. The van der Waals surface area contributed by atoms with Crippen LogP contribution in [0.1, 0.15) is 57.0 Å². The summed E-state index contributed by atoms with van der Waals surface area (Å²) < 4.78 is 5.61. The molecule has 2 aliphatic rings. The molecular weight excluding hydrogens is 290 g/mol. The van der Waals surface area contributed by atoms with Crippen LogP contribution < -0.4 is 5.32 Å². The maximum atomic E-state index is 5.61. The van der Waals surface area contributed by atoms with Crippen molar-refractivity contribution in [1.82, 2.24) is 15.5 Å². The van der Waals surface area contributed by atoms with Gasteiger partial charge in [-0.15, -0.1) is 11.8 Å². The predicted molar refractivity (Wildman–Crippen MR) is 85.2 cm³/mol. The summed E-state index contributed by atoms with van der Waals surface area (Å²) in [6.07, 6.45) is 3.30. The van der Waals surface area contributed by atoms with Crippen molar-refractivity contribution in [3.63, 3.8) is 0 Å². The SMILES string of the molecule is CCC1(c2nc(C3CSC(C)C(C)S3)no2)CCCN1. The molecule has 20 heavy (non-hydrogen) atoms. The first-order chi connectivity index (χ1) is 9.64. The third-order valence-electron chi connectivity index (χ3n) is 4.54. The van der Waals surface area contributed by atoms with Crippen LogP contribution in [-0.4, -0.2) is 32.9 Å². The minimum atomic E-state index is -0.0728. The Balaban J connectivity index is 1.77. The summed E-state index contributed by atoms with van der Waals surface area (Å²) in [4.78, 5) is 4.74. The summed E-state index contributed by atoms with van der Waals surface area (Å²) in [6.45, 7) is 7.83. The molecule has 3 rings (SSSR count). The lowest BCUT2D eigenvalue weighted by atomic mass is 9.94. The van der Waals surface area contributed by atoms with Gasteiger partial charge in [0.15, 0.2) is 5.82 Å². The number of hydrogen-bond donors (Lipinski definition) is 1. The van der Waals surface area contributed by atoms with Crippen LogP contribution in [0.15, 0.2) is 4.52 Å². The first-order valence-corrected chi connectivity index (χ1v) is 9.50. The van der Waals surface area contributed by atoms with Gasteiger partial charge >= 0.3 is 0 Å². The van der Waals surface area contributed by atoms with Gasteiger partial charge in [0.25, 0.3) is 0 Å². The first-order valence-electron chi connectivity index (χ1n) is 7.51. The van der Waals surface area contributed by atoms with Gasteiger partial charge in [0.05, 0.1) is 10.8 Å². The summed E-state index contributed by atoms with van der Waals surface area (Å²) in [5.74, 6) is 2.77. The Morgan fingerprint density at radius 3 is 2.90 bits per heavy atom. The zero-order valence-electron chi connectivity index (χ0n) is 12.4. The Bertz CT molecular complexity index is 459. The molecule has 4 unspecified atom stereocenters. The van der Waals surface area contributed by atoms with Gasteiger partial charge in [-0.2, -0.15) is 16.7 Å². The fourth-order valence-corrected chi connectivity index (χ4v) is 5.75. The number of rotatable bonds is 3. The molecule has 2 aliphatic heterocycles. The molecule has 0 aliphatic carbocycles. The average molecular weight is 313 g/mol. The van der Waals surface area contributed by atoms with Crippen molar-refractivity contribution in [2.45, 2.75) is 61.3 Å². The number of nitrogens with one attached hydrogen (secondary N) is 1. The summed E-state index contributed by atoms with van der Waals surface area (Å²) in [5.41, 5.74) is -0.0728. The lowest BCUT2D eigenvalue weighted by Gasteiger charge is -2.29. The first kappa shape index (κ1) is 14.7. The van der Waals surface area contributed by atoms with E-state index >= 15 is 0 Å². The molecule has 3 heterocycles. The lowest BCUT2D eigenvalue weighted by molar-refractivity contribution is 0.249. The molecule has 0 spiro atoms. The maximum Gasteiger partial charge on any atom is 0.246 e. The largest absolute Gasteiger partial charge is 0.337 e.